The fraction of sp³-hybridized carbons (Fsp3) is 0.417. The minimum absolute atomic E-state index is 0. The van der Waals surface area contributed by atoms with E-state index in [1.54, 1.807) is 7.11 Å². The van der Waals surface area contributed by atoms with E-state index in [0.717, 1.165) is 17.9 Å². The van der Waals surface area contributed by atoms with Crippen LogP contribution in [0, 0.1) is 5.92 Å². The van der Waals surface area contributed by atoms with E-state index in [4.69, 9.17) is 9.84 Å². The van der Waals surface area contributed by atoms with Crippen LogP contribution in [0.2, 0.25) is 0 Å². The molecule has 4 nitrogen and oxygen atoms in total. The third kappa shape index (κ3) is 2.90. The fourth-order valence-corrected chi connectivity index (χ4v) is 2.14. The highest BCUT2D eigenvalue weighted by molar-refractivity contribution is 5.85. The predicted molar refractivity (Wildman–Crippen MR) is 67.0 cm³/mol. The molecule has 0 amide bonds. The maximum atomic E-state index is 11.0. The van der Waals surface area contributed by atoms with Crippen LogP contribution in [0.5, 0.6) is 5.75 Å². The summed E-state index contributed by atoms with van der Waals surface area (Å²) in [5, 5.41) is 12.2. The van der Waals surface area contributed by atoms with Crippen LogP contribution in [-0.4, -0.2) is 31.3 Å². The predicted octanol–water partition coefficient (Wildman–Crippen LogP) is 1.50. The third-order valence-electron chi connectivity index (χ3n) is 3.08. The zero-order chi connectivity index (χ0) is 11.5. The van der Waals surface area contributed by atoms with Gasteiger partial charge in [-0.05, 0) is 17.7 Å². The lowest BCUT2D eigenvalue weighted by Gasteiger charge is -2.15. The van der Waals surface area contributed by atoms with Crippen molar-refractivity contribution in [2.45, 2.75) is 5.92 Å². The van der Waals surface area contributed by atoms with Crippen LogP contribution in [0.3, 0.4) is 0 Å². The number of hydrogen-bond donors (Lipinski definition) is 2. The van der Waals surface area contributed by atoms with Crippen molar-refractivity contribution in [1.29, 1.82) is 0 Å². The molecule has 17 heavy (non-hydrogen) atoms. The molecule has 1 fully saturated rings. The number of aliphatic carboxylic acids is 1. The molecule has 1 saturated heterocycles. The minimum atomic E-state index is -0.731. The molecule has 2 N–H and O–H groups in total. The van der Waals surface area contributed by atoms with Crippen molar-refractivity contribution in [1.82, 2.24) is 5.32 Å². The molecule has 2 atom stereocenters. The number of carboxylic acids is 1. The summed E-state index contributed by atoms with van der Waals surface area (Å²) in [6, 6.07) is 7.61. The molecule has 2 rings (SSSR count). The number of methoxy groups -OCH3 is 1. The second-order valence-corrected chi connectivity index (χ2v) is 3.98. The van der Waals surface area contributed by atoms with Crippen molar-refractivity contribution in [2.75, 3.05) is 20.2 Å². The SMILES string of the molecule is COc1ccc([C@@H]2CNC[C@@H]2C(=O)O)cc1.Cl. The van der Waals surface area contributed by atoms with Crippen LogP contribution < -0.4 is 10.1 Å². The first kappa shape index (κ1) is 13.8. The van der Waals surface area contributed by atoms with Gasteiger partial charge in [-0.15, -0.1) is 12.4 Å². The molecule has 94 valence electrons. The normalized spacial score (nSPS) is 22.9. The van der Waals surface area contributed by atoms with Gasteiger partial charge in [-0.3, -0.25) is 4.79 Å². The zero-order valence-corrected chi connectivity index (χ0v) is 10.4. The highest BCUT2D eigenvalue weighted by atomic mass is 35.5. The Kier molecular flexibility index (Phi) is 4.78. The molecule has 1 aliphatic heterocycles. The summed E-state index contributed by atoms with van der Waals surface area (Å²) in [7, 11) is 1.62. The molecular formula is C12H16ClNO3. The molecule has 0 aromatic heterocycles. The Labute approximate surface area is 106 Å². The summed E-state index contributed by atoms with van der Waals surface area (Å²) < 4.78 is 5.07. The lowest BCUT2D eigenvalue weighted by atomic mass is 9.89. The van der Waals surface area contributed by atoms with Gasteiger partial charge in [-0.1, -0.05) is 12.1 Å². The average molecular weight is 258 g/mol. The Morgan fingerprint density at radius 1 is 1.35 bits per heavy atom. The average Bonchev–Trinajstić information content (AvgIpc) is 2.78. The van der Waals surface area contributed by atoms with Crippen LogP contribution in [0.1, 0.15) is 11.5 Å². The van der Waals surface area contributed by atoms with Crippen LogP contribution in [0.15, 0.2) is 24.3 Å². The van der Waals surface area contributed by atoms with Gasteiger partial charge in [0, 0.05) is 19.0 Å². The van der Waals surface area contributed by atoms with Gasteiger partial charge in [-0.2, -0.15) is 0 Å². The summed E-state index contributed by atoms with van der Waals surface area (Å²) in [6.45, 7) is 1.27. The fourth-order valence-electron chi connectivity index (χ4n) is 2.14. The molecule has 0 unspecified atom stereocenters. The molecule has 1 aliphatic rings. The van der Waals surface area contributed by atoms with Gasteiger partial charge in [0.2, 0.25) is 0 Å². The molecule has 0 bridgehead atoms. The van der Waals surface area contributed by atoms with Gasteiger partial charge in [0.25, 0.3) is 0 Å². The van der Waals surface area contributed by atoms with Crippen molar-refractivity contribution in [2.24, 2.45) is 5.92 Å². The summed E-state index contributed by atoms with van der Waals surface area (Å²) in [6.07, 6.45) is 0. The van der Waals surface area contributed by atoms with E-state index in [1.807, 2.05) is 24.3 Å². The topological polar surface area (TPSA) is 58.6 Å². The molecular weight excluding hydrogens is 242 g/mol. The Balaban J connectivity index is 0.00000144. The van der Waals surface area contributed by atoms with Gasteiger partial charge in [0.15, 0.2) is 0 Å². The quantitative estimate of drug-likeness (QED) is 0.862. The van der Waals surface area contributed by atoms with Gasteiger partial charge in [0.05, 0.1) is 13.0 Å². The number of carboxylic acid groups (broad SMARTS) is 1. The second-order valence-electron chi connectivity index (χ2n) is 3.98. The maximum Gasteiger partial charge on any atom is 0.308 e. The van der Waals surface area contributed by atoms with Crippen molar-refractivity contribution in [3.8, 4) is 5.75 Å². The van der Waals surface area contributed by atoms with Crippen molar-refractivity contribution < 1.29 is 14.6 Å². The number of hydrogen-bond acceptors (Lipinski definition) is 3. The third-order valence-corrected chi connectivity index (χ3v) is 3.08. The number of rotatable bonds is 3. The summed E-state index contributed by atoms with van der Waals surface area (Å²) >= 11 is 0. The monoisotopic (exact) mass is 257 g/mol. The van der Waals surface area contributed by atoms with Crippen molar-refractivity contribution in [3.05, 3.63) is 29.8 Å². The van der Waals surface area contributed by atoms with Gasteiger partial charge < -0.3 is 15.2 Å². The largest absolute Gasteiger partial charge is 0.497 e. The first-order valence-corrected chi connectivity index (χ1v) is 5.30. The number of ether oxygens (including phenoxy) is 1. The standard InChI is InChI=1S/C12H15NO3.ClH/c1-16-9-4-2-8(3-5-9)10-6-13-7-11(10)12(14)15;/h2-5,10-11,13H,6-7H2,1H3,(H,14,15);1H/t10-,11-;/m0./s1. The number of benzene rings is 1. The highest BCUT2D eigenvalue weighted by Crippen LogP contribution is 2.29. The lowest BCUT2D eigenvalue weighted by molar-refractivity contribution is -0.141. The van der Waals surface area contributed by atoms with Crippen LogP contribution in [-0.2, 0) is 4.79 Å². The minimum Gasteiger partial charge on any atom is -0.497 e. The maximum absolute atomic E-state index is 11.0. The van der Waals surface area contributed by atoms with Gasteiger partial charge >= 0.3 is 5.97 Å². The van der Waals surface area contributed by atoms with E-state index in [-0.39, 0.29) is 24.2 Å². The van der Waals surface area contributed by atoms with E-state index in [1.165, 1.54) is 0 Å². The van der Waals surface area contributed by atoms with Crippen LogP contribution in [0.25, 0.3) is 0 Å². The smallest absolute Gasteiger partial charge is 0.308 e. The molecule has 0 radical (unpaired) electrons. The van der Waals surface area contributed by atoms with E-state index >= 15 is 0 Å². The highest BCUT2D eigenvalue weighted by Gasteiger charge is 2.33. The Morgan fingerprint density at radius 3 is 2.53 bits per heavy atom. The van der Waals surface area contributed by atoms with Crippen LogP contribution >= 0.6 is 12.4 Å². The Hall–Kier alpha value is -1.26. The molecule has 0 saturated carbocycles. The van der Waals surface area contributed by atoms with Crippen molar-refractivity contribution in [3.63, 3.8) is 0 Å². The number of nitrogens with one attached hydrogen (secondary N) is 1. The molecule has 1 aromatic rings. The van der Waals surface area contributed by atoms with E-state index < -0.39 is 5.97 Å². The van der Waals surface area contributed by atoms with Crippen LogP contribution in [0.4, 0.5) is 0 Å². The number of carbonyl (C=O) groups is 1. The van der Waals surface area contributed by atoms with E-state index in [0.29, 0.717) is 6.54 Å². The van der Waals surface area contributed by atoms with Gasteiger partial charge in [0.1, 0.15) is 5.75 Å². The van der Waals surface area contributed by atoms with E-state index in [9.17, 15) is 4.79 Å². The van der Waals surface area contributed by atoms with Gasteiger partial charge in [-0.25, -0.2) is 0 Å². The van der Waals surface area contributed by atoms with E-state index in [2.05, 4.69) is 5.32 Å². The Bertz CT molecular complexity index is 380. The second kappa shape index (κ2) is 5.89. The molecule has 1 aromatic carbocycles. The Morgan fingerprint density at radius 2 is 2.00 bits per heavy atom. The molecule has 1 heterocycles. The first-order valence-electron chi connectivity index (χ1n) is 5.30. The summed E-state index contributed by atoms with van der Waals surface area (Å²) in [5.74, 6) is -0.204. The first-order chi connectivity index (χ1) is 7.72. The lowest BCUT2D eigenvalue weighted by Crippen LogP contribution is -2.20. The molecule has 5 heteroatoms. The molecule has 0 aliphatic carbocycles. The number of halogens is 1. The summed E-state index contributed by atoms with van der Waals surface area (Å²) in [5.41, 5.74) is 1.05. The molecule has 0 spiro atoms. The summed E-state index contributed by atoms with van der Waals surface area (Å²) in [4.78, 5) is 11.0. The van der Waals surface area contributed by atoms with Crippen molar-refractivity contribution >= 4 is 18.4 Å². The zero-order valence-electron chi connectivity index (χ0n) is 9.55.